The standard InChI is InChI=1S/C18H21N3O3/c22-9-14-5-13(6-15(7-14)10-23)2-1-12-3-4-16-17(19-8-12)18(24)21-11-20-16/h5-8,11-12,22-23H,1-4,9-10H2,(H,20,21,24). The van der Waals surface area contributed by atoms with E-state index in [1.807, 2.05) is 24.4 Å². The van der Waals surface area contributed by atoms with Crippen LogP contribution in [0.3, 0.4) is 0 Å². The molecule has 1 atom stereocenters. The third-order valence-corrected chi connectivity index (χ3v) is 4.35. The molecule has 1 aromatic heterocycles. The van der Waals surface area contributed by atoms with Crippen molar-refractivity contribution >= 4 is 11.9 Å². The van der Waals surface area contributed by atoms with E-state index in [-0.39, 0.29) is 24.7 Å². The van der Waals surface area contributed by atoms with Crippen molar-refractivity contribution in [2.45, 2.75) is 38.9 Å². The number of aliphatic imine (C=N–C) groups is 1. The van der Waals surface area contributed by atoms with Crippen molar-refractivity contribution in [3.05, 3.63) is 57.3 Å². The highest BCUT2D eigenvalue weighted by atomic mass is 16.3. The van der Waals surface area contributed by atoms with Crippen LogP contribution >= 0.6 is 0 Å². The molecule has 1 aliphatic heterocycles. The lowest BCUT2D eigenvalue weighted by Gasteiger charge is -2.11. The Labute approximate surface area is 139 Å². The fourth-order valence-corrected chi connectivity index (χ4v) is 3.06. The number of aliphatic hydroxyl groups excluding tert-OH is 2. The SMILES string of the molecule is O=c1[nH]cnc2c1N=CC(CCc1cc(CO)cc(CO)c1)CC2. The molecule has 6 heteroatoms. The van der Waals surface area contributed by atoms with Gasteiger partial charge in [0.25, 0.3) is 5.56 Å². The molecule has 2 aromatic rings. The molecule has 0 bridgehead atoms. The molecule has 24 heavy (non-hydrogen) atoms. The van der Waals surface area contributed by atoms with Gasteiger partial charge in [-0.15, -0.1) is 0 Å². The first-order chi connectivity index (χ1) is 11.7. The quantitative estimate of drug-likeness (QED) is 0.777. The summed E-state index contributed by atoms with van der Waals surface area (Å²) in [6, 6.07) is 5.74. The second-order valence-electron chi connectivity index (χ2n) is 6.12. The highest BCUT2D eigenvalue weighted by molar-refractivity contribution is 5.67. The van der Waals surface area contributed by atoms with Crippen molar-refractivity contribution in [1.82, 2.24) is 9.97 Å². The Hall–Kier alpha value is -2.31. The third kappa shape index (κ3) is 3.77. The summed E-state index contributed by atoms with van der Waals surface area (Å²) in [6.45, 7) is -0.0645. The van der Waals surface area contributed by atoms with Crippen LogP contribution in [0.4, 0.5) is 5.69 Å². The van der Waals surface area contributed by atoms with Crippen LogP contribution in [0.5, 0.6) is 0 Å². The van der Waals surface area contributed by atoms with Gasteiger partial charge in [0.1, 0.15) is 5.69 Å². The second-order valence-corrected chi connectivity index (χ2v) is 6.12. The molecule has 0 aliphatic carbocycles. The van der Waals surface area contributed by atoms with Gasteiger partial charge < -0.3 is 15.2 Å². The number of aromatic nitrogens is 2. The topological polar surface area (TPSA) is 98.6 Å². The Morgan fingerprint density at radius 2 is 1.83 bits per heavy atom. The minimum atomic E-state index is -0.194. The van der Waals surface area contributed by atoms with Gasteiger partial charge in [0.15, 0.2) is 0 Å². The predicted octanol–water partition coefficient (Wildman–Crippen LogP) is 1.65. The van der Waals surface area contributed by atoms with Crippen LogP contribution in [0.1, 0.15) is 35.2 Å². The van der Waals surface area contributed by atoms with E-state index in [0.717, 1.165) is 48.1 Å². The molecule has 6 nitrogen and oxygen atoms in total. The first-order valence-electron chi connectivity index (χ1n) is 8.13. The number of H-pyrrole nitrogens is 1. The molecule has 3 rings (SSSR count). The van der Waals surface area contributed by atoms with Crippen LogP contribution in [-0.2, 0) is 26.1 Å². The largest absolute Gasteiger partial charge is 0.392 e. The number of aliphatic hydroxyl groups is 2. The number of fused-ring (bicyclic) bond motifs is 1. The van der Waals surface area contributed by atoms with Crippen LogP contribution in [0, 0.1) is 5.92 Å². The van der Waals surface area contributed by atoms with Gasteiger partial charge in [-0.25, -0.2) is 4.98 Å². The number of aryl methyl sites for hydroxylation is 2. The summed E-state index contributed by atoms with van der Waals surface area (Å²) >= 11 is 0. The molecule has 0 amide bonds. The molecule has 1 unspecified atom stereocenters. The van der Waals surface area contributed by atoms with Gasteiger partial charge in [0.2, 0.25) is 0 Å². The number of hydrogen-bond donors (Lipinski definition) is 3. The number of benzene rings is 1. The lowest BCUT2D eigenvalue weighted by molar-refractivity contribution is 0.275. The van der Waals surface area contributed by atoms with E-state index in [1.54, 1.807) is 0 Å². The van der Waals surface area contributed by atoms with Crippen LogP contribution in [0.25, 0.3) is 0 Å². The fraction of sp³-hybridized carbons (Fsp3) is 0.389. The zero-order valence-corrected chi connectivity index (χ0v) is 13.4. The minimum Gasteiger partial charge on any atom is -0.392 e. The maximum atomic E-state index is 11.8. The zero-order valence-electron chi connectivity index (χ0n) is 13.4. The van der Waals surface area contributed by atoms with E-state index in [9.17, 15) is 15.0 Å². The molecular formula is C18H21N3O3. The van der Waals surface area contributed by atoms with Crippen molar-refractivity contribution < 1.29 is 10.2 Å². The van der Waals surface area contributed by atoms with Crippen LogP contribution < -0.4 is 5.56 Å². The number of rotatable bonds is 5. The van der Waals surface area contributed by atoms with Gasteiger partial charge in [-0.1, -0.05) is 18.2 Å². The predicted molar refractivity (Wildman–Crippen MR) is 91.4 cm³/mol. The number of hydrogen-bond acceptors (Lipinski definition) is 5. The van der Waals surface area contributed by atoms with Crippen molar-refractivity contribution in [2.24, 2.45) is 10.9 Å². The average molecular weight is 327 g/mol. The summed E-state index contributed by atoms with van der Waals surface area (Å²) in [4.78, 5) is 22.9. The van der Waals surface area contributed by atoms with Crippen molar-refractivity contribution in [2.75, 3.05) is 0 Å². The van der Waals surface area contributed by atoms with Gasteiger partial charge in [0, 0.05) is 6.21 Å². The summed E-state index contributed by atoms with van der Waals surface area (Å²) < 4.78 is 0. The van der Waals surface area contributed by atoms with Crippen molar-refractivity contribution in [3.63, 3.8) is 0 Å². The van der Waals surface area contributed by atoms with E-state index in [4.69, 9.17) is 0 Å². The van der Waals surface area contributed by atoms with Crippen LogP contribution in [-0.4, -0.2) is 26.4 Å². The Morgan fingerprint density at radius 3 is 2.54 bits per heavy atom. The van der Waals surface area contributed by atoms with Crippen LogP contribution in [0.2, 0.25) is 0 Å². The summed E-state index contributed by atoms with van der Waals surface area (Å²) in [6.07, 6.45) is 6.65. The molecule has 0 fully saturated rings. The van der Waals surface area contributed by atoms with E-state index in [1.165, 1.54) is 6.33 Å². The Kier molecular flexibility index (Phi) is 5.17. The fourth-order valence-electron chi connectivity index (χ4n) is 3.06. The number of nitrogens with one attached hydrogen (secondary N) is 1. The molecule has 0 saturated carbocycles. The Balaban J connectivity index is 1.69. The number of nitrogens with zero attached hydrogens (tertiary/aromatic N) is 2. The lowest BCUT2D eigenvalue weighted by Crippen LogP contribution is -2.08. The molecular weight excluding hydrogens is 306 g/mol. The van der Waals surface area contributed by atoms with Gasteiger partial charge in [0.05, 0.1) is 25.2 Å². The monoisotopic (exact) mass is 327 g/mol. The van der Waals surface area contributed by atoms with Gasteiger partial charge in [-0.2, -0.15) is 0 Å². The molecule has 2 heterocycles. The maximum Gasteiger partial charge on any atom is 0.276 e. The smallest absolute Gasteiger partial charge is 0.276 e. The zero-order chi connectivity index (χ0) is 16.9. The van der Waals surface area contributed by atoms with Gasteiger partial charge >= 0.3 is 0 Å². The summed E-state index contributed by atoms with van der Waals surface area (Å²) in [7, 11) is 0. The highest BCUT2D eigenvalue weighted by Gasteiger charge is 2.16. The summed E-state index contributed by atoms with van der Waals surface area (Å²) in [5.74, 6) is 0.272. The molecule has 0 radical (unpaired) electrons. The second kappa shape index (κ2) is 7.51. The minimum absolute atomic E-state index is 0.0323. The average Bonchev–Trinajstić information content (AvgIpc) is 2.83. The van der Waals surface area contributed by atoms with Crippen molar-refractivity contribution in [3.8, 4) is 0 Å². The molecule has 1 aliphatic rings. The normalized spacial score (nSPS) is 16.7. The molecule has 126 valence electrons. The van der Waals surface area contributed by atoms with E-state index >= 15 is 0 Å². The third-order valence-electron chi connectivity index (χ3n) is 4.35. The van der Waals surface area contributed by atoms with E-state index in [2.05, 4.69) is 15.0 Å². The first kappa shape index (κ1) is 16.5. The van der Waals surface area contributed by atoms with E-state index < -0.39 is 0 Å². The molecule has 0 spiro atoms. The summed E-state index contributed by atoms with van der Waals surface area (Å²) in [5, 5.41) is 18.6. The lowest BCUT2D eigenvalue weighted by atomic mass is 9.94. The van der Waals surface area contributed by atoms with Gasteiger partial charge in [-0.3, -0.25) is 9.79 Å². The Bertz CT molecular complexity index is 776. The summed E-state index contributed by atoms with van der Waals surface area (Å²) in [5.41, 5.74) is 3.70. The van der Waals surface area contributed by atoms with Crippen molar-refractivity contribution in [1.29, 1.82) is 0 Å². The van der Waals surface area contributed by atoms with Crippen LogP contribution in [0.15, 0.2) is 34.3 Å². The van der Waals surface area contributed by atoms with Gasteiger partial charge in [-0.05, 0) is 48.3 Å². The molecule has 1 aromatic carbocycles. The van der Waals surface area contributed by atoms with E-state index in [0.29, 0.717) is 5.69 Å². The molecule has 3 N–H and O–H groups in total. The first-order valence-corrected chi connectivity index (χ1v) is 8.13. The Morgan fingerprint density at radius 1 is 1.12 bits per heavy atom. The highest BCUT2D eigenvalue weighted by Crippen LogP contribution is 2.23. The number of aromatic amines is 1. The maximum absolute atomic E-state index is 11.8. The molecule has 0 saturated heterocycles.